The minimum absolute atomic E-state index is 0.195. The maximum atomic E-state index is 13.0. The van der Waals surface area contributed by atoms with E-state index in [1.807, 2.05) is 6.07 Å². The molecule has 2 atom stereocenters. The number of halogens is 3. The van der Waals surface area contributed by atoms with E-state index >= 15 is 0 Å². The van der Waals surface area contributed by atoms with Gasteiger partial charge in [0.1, 0.15) is 0 Å². The van der Waals surface area contributed by atoms with Crippen LogP contribution in [0.5, 0.6) is 0 Å². The van der Waals surface area contributed by atoms with E-state index in [-0.39, 0.29) is 11.5 Å². The fourth-order valence-corrected chi connectivity index (χ4v) is 4.63. The summed E-state index contributed by atoms with van der Waals surface area (Å²) < 4.78 is 58.1. The molecule has 0 saturated carbocycles. The van der Waals surface area contributed by atoms with Gasteiger partial charge in [0.15, 0.2) is 16.2 Å². The van der Waals surface area contributed by atoms with Crippen molar-refractivity contribution in [3.8, 4) is 0 Å². The van der Waals surface area contributed by atoms with Crippen molar-refractivity contribution in [2.75, 3.05) is 50.5 Å². The highest BCUT2D eigenvalue weighted by Crippen LogP contribution is 2.26. The predicted octanol–water partition coefficient (Wildman–Crippen LogP) is 3.68. The maximum absolute atomic E-state index is 13.0. The zero-order chi connectivity index (χ0) is 23.4. The molecule has 10 heteroatoms. The van der Waals surface area contributed by atoms with E-state index in [0.717, 1.165) is 51.1 Å². The molecule has 6 nitrogen and oxygen atoms in total. The molecule has 0 radical (unpaired) electrons. The first kappa shape index (κ1) is 27.7. The Morgan fingerprint density at radius 1 is 1.13 bits per heavy atom. The molecule has 180 valence electrons. The monoisotopic (exact) mass is 468 g/mol. The third-order valence-corrected chi connectivity index (χ3v) is 6.37. The summed E-state index contributed by atoms with van der Waals surface area (Å²) in [7, 11) is -3.38. The molecule has 2 heterocycles. The Morgan fingerprint density at radius 3 is 2.23 bits per heavy atom. The number of aliphatic hydroxyl groups is 1. The molecule has 2 saturated heterocycles. The van der Waals surface area contributed by atoms with E-state index in [4.69, 9.17) is 13.9 Å². The Kier molecular flexibility index (Phi) is 12.4. The number of rotatable bonds is 5. The Bertz CT molecular complexity index is 736. The molecule has 0 spiro atoms. The summed E-state index contributed by atoms with van der Waals surface area (Å²) in [5, 5.41) is 9.37. The van der Waals surface area contributed by atoms with Gasteiger partial charge in [-0.05, 0) is 30.0 Å². The topological polar surface area (TPSA) is 70.1 Å². The van der Waals surface area contributed by atoms with Crippen LogP contribution < -0.4 is 4.90 Å². The van der Waals surface area contributed by atoms with E-state index in [1.165, 1.54) is 6.42 Å². The van der Waals surface area contributed by atoms with Gasteiger partial charge in [-0.3, -0.25) is 4.90 Å². The third kappa shape index (κ3) is 8.96. The van der Waals surface area contributed by atoms with Crippen LogP contribution in [-0.4, -0.2) is 70.4 Å². The Hall–Kier alpha value is -1.36. The summed E-state index contributed by atoms with van der Waals surface area (Å²) >= 11 is 0. The summed E-state index contributed by atoms with van der Waals surface area (Å²) in [6, 6.07) is 5.21. The zero-order valence-corrected chi connectivity index (χ0v) is 19.4. The average molecular weight is 469 g/mol. The van der Waals surface area contributed by atoms with Crippen LogP contribution in [0, 0.1) is 5.92 Å². The molecule has 1 aromatic carbocycles. The molecule has 1 unspecified atom stereocenters. The highest BCUT2D eigenvalue weighted by Gasteiger charge is 2.25. The summed E-state index contributed by atoms with van der Waals surface area (Å²) in [5.41, 5.74) is 1.29. The largest absolute Gasteiger partial charge is 0.392 e. The summed E-state index contributed by atoms with van der Waals surface area (Å²) in [4.78, 5) is 4.73. The highest BCUT2D eigenvalue weighted by atomic mass is 32.2. The molecule has 0 aromatic heterocycles. The van der Waals surface area contributed by atoms with Crippen LogP contribution in [0.1, 0.15) is 38.7 Å². The van der Waals surface area contributed by atoms with Crippen LogP contribution in [0.3, 0.4) is 0 Å². The van der Waals surface area contributed by atoms with Crippen LogP contribution in [0.15, 0.2) is 23.1 Å². The Morgan fingerprint density at radius 2 is 1.74 bits per heavy atom. The van der Waals surface area contributed by atoms with Gasteiger partial charge in [-0.1, -0.05) is 26.3 Å². The molecule has 2 fully saturated rings. The maximum Gasteiger partial charge on any atom is 0.198 e. The van der Waals surface area contributed by atoms with Gasteiger partial charge in [0.2, 0.25) is 0 Å². The molecule has 3 rings (SSSR count). The summed E-state index contributed by atoms with van der Waals surface area (Å²) in [6.07, 6.45) is 2.66. The molecule has 0 amide bonds. The van der Waals surface area contributed by atoms with Crippen molar-refractivity contribution < 1.29 is 31.8 Å². The number of nitrogens with zero attached hydrogens (tertiary/aromatic N) is 2. The van der Waals surface area contributed by atoms with Gasteiger partial charge in [-0.25, -0.2) is 12.8 Å². The van der Waals surface area contributed by atoms with Crippen molar-refractivity contribution in [2.45, 2.75) is 51.0 Å². The zero-order valence-electron chi connectivity index (χ0n) is 18.6. The summed E-state index contributed by atoms with van der Waals surface area (Å²) in [6.45, 7) is 8.74. The number of anilines is 1. The van der Waals surface area contributed by atoms with Crippen LogP contribution >= 0.6 is 0 Å². The average Bonchev–Trinajstić information content (AvgIpc) is 2.77. The Labute approximate surface area is 183 Å². The number of aliphatic hydroxyl groups excluding tert-OH is 1. The highest BCUT2D eigenvalue weighted by molar-refractivity contribution is 7.90. The lowest BCUT2D eigenvalue weighted by atomic mass is 10.0. The van der Waals surface area contributed by atoms with E-state index < -0.39 is 16.2 Å². The van der Waals surface area contributed by atoms with Gasteiger partial charge in [0, 0.05) is 60.2 Å². The van der Waals surface area contributed by atoms with Crippen molar-refractivity contribution in [3.05, 3.63) is 23.8 Å². The fraction of sp³-hybridized carbons (Fsp3) is 0.714. The van der Waals surface area contributed by atoms with Gasteiger partial charge in [0.25, 0.3) is 0 Å². The number of benzene rings is 1. The second-order valence-electron chi connectivity index (χ2n) is 7.90. The first-order valence-electron chi connectivity index (χ1n) is 10.6. The first-order chi connectivity index (χ1) is 14.8. The predicted molar refractivity (Wildman–Crippen MR) is 116 cm³/mol. The lowest BCUT2D eigenvalue weighted by Crippen LogP contribution is -2.48. The van der Waals surface area contributed by atoms with Crippen LogP contribution in [0.4, 0.5) is 19.2 Å². The van der Waals surface area contributed by atoms with Crippen molar-refractivity contribution in [1.82, 2.24) is 4.90 Å². The standard InChI is InChI=1S/C18H27FN2O4S.C3H8.F2/c1-26(23,24)17-10-16(4-3-15(17)12-22)21-8-6-20(7-9-21)11-14-2-5-18(19)25-13-14;1-3-2;1-2/h3-4,10,14,18,22H,2,5-9,11-13H2,1H3;3H2,1-2H3;/t14-,18?;;/m0../s1. The van der Waals surface area contributed by atoms with Crippen LogP contribution in [-0.2, 0) is 21.2 Å². The number of sulfone groups is 1. The quantitative estimate of drug-likeness (QED) is 0.711. The van der Waals surface area contributed by atoms with Gasteiger partial charge in [-0.2, -0.15) is 0 Å². The molecule has 1 N–H and O–H groups in total. The molecular weight excluding hydrogens is 433 g/mol. The van der Waals surface area contributed by atoms with Gasteiger partial charge < -0.3 is 14.7 Å². The minimum atomic E-state index is -3.38. The molecule has 0 aliphatic carbocycles. The molecule has 31 heavy (non-hydrogen) atoms. The number of hydrogen-bond donors (Lipinski definition) is 1. The van der Waals surface area contributed by atoms with Crippen LogP contribution in [0.25, 0.3) is 0 Å². The van der Waals surface area contributed by atoms with Crippen molar-refractivity contribution >= 4 is 15.5 Å². The minimum Gasteiger partial charge on any atom is -0.392 e. The Balaban J connectivity index is 0.000000884. The van der Waals surface area contributed by atoms with Crippen LogP contribution in [0.2, 0.25) is 0 Å². The summed E-state index contributed by atoms with van der Waals surface area (Å²) in [5.74, 6) is 0.384. The first-order valence-corrected chi connectivity index (χ1v) is 12.5. The second-order valence-corrected chi connectivity index (χ2v) is 9.89. The second kappa shape index (κ2) is 13.9. The van der Waals surface area contributed by atoms with Crippen molar-refractivity contribution in [2.24, 2.45) is 5.92 Å². The SMILES string of the molecule is CCC.CS(=O)(=O)c1cc(N2CCN(C[C@@H]3CCC(F)OC3)CC2)ccc1CO.FF. The van der Waals surface area contributed by atoms with Crippen molar-refractivity contribution in [3.63, 3.8) is 0 Å². The number of alkyl halides is 1. The van der Waals surface area contributed by atoms with Crippen molar-refractivity contribution in [1.29, 1.82) is 0 Å². The number of hydrogen-bond acceptors (Lipinski definition) is 6. The fourth-order valence-electron chi connectivity index (χ4n) is 3.69. The third-order valence-electron chi connectivity index (χ3n) is 5.19. The molecule has 2 aliphatic rings. The molecule has 0 bridgehead atoms. The van der Waals surface area contributed by atoms with Gasteiger partial charge in [-0.15, -0.1) is 0 Å². The molecule has 2 aliphatic heterocycles. The normalized spacial score (nSPS) is 22.1. The van der Waals surface area contributed by atoms with E-state index in [9.17, 15) is 17.9 Å². The van der Waals surface area contributed by atoms with Gasteiger partial charge in [0.05, 0.1) is 18.1 Å². The smallest absolute Gasteiger partial charge is 0.198 e. The van der Waals surface area contributed by atoms with E-state index in [1.54, 1.807) is 12.1 Å². The van der Waals surface area contributed by atoms with Gasteiger partial charge >= 0.3 is 0 Å². The molecule has 1 aromatic rings. The molecular formula is C21H35F3N2O4S. The van der Waals surface area contributed by atoms with E-state index in [2.05, 4.69) is 23.6 Å². The number of ether oxygens (including phenoxy) is 1. The lowest BCUT2D eigenvalue weighted by Gasteiger charge is -2.38. The lowest BCUT2D eigenvalue weighted by molar-refractivity contribution is -0.0940. The van der Waals surface area contributed by atoms with E-state index in [0.29, 0.717) is 24.5 Å². The number of piperazine rings is 1.